The maximum Gasteiger partial charge on any atom is 0.179 e. The number of carbonyl (C=O) groups excluding carboxylic acids is 1. The van der Waals surface area contributed by atoms with Crippen LogP contribution in [0.15, 0.2) is 18.2 Å². The molecule has 0 radical (unpaired) electrons. The van der Waals surface area contributed by atoms with Crippen molar-refractivity contribution in [1.29, 1.82) is 0 Å². The van der Waals surface area contributed by atoms with E-state index in [-0.39, 0.29) is 11.9 Å². The number of rotatable bonds is 4. The molecule has 1 heterocycles. The highest BCUT2D eigenvalue weighted by atomic mass is 16.5. The molecule has 2 rings (SSSR count). The topological polar surface area (TPSA) is 55.6 Å². The molecule has 4 nitrogen and oxygen atoms in total. The van der Waals surface area contributed by atoms with Crippen LogP contribution in [-0.4, -0.2) is 30.5 Å². The van der Waals surface area contributed by atoms with E-state index in [9.17, 15) is 4.79 Å². The van der Waals surface area contributed by atoms with Gasteiger partial charge < -0.3 is 15.4 Å². The lowest BCUT2D eigenvalue weighted by Gasteiger charge is -2.40. The van der Waals surface area contributed by atoms with Crippen molar-refractivity contribution in [1.82, 2.24) is 0 Å². The number of ether oxygens (including phenoxy) is 1. The molecule has 1 aliphatic heterocycles. The summed E-state index contributed by atoms with van der Waals surface area (Å²) in [5.74, 6) is 1.27. The molecule has 1 aliphatic rings. The van der Waals surface area contributed by atoms with Crippen LogP contribution in [0.5, 0.6) is 5.75 Å². The number of carbonyl (C=O) groups is 1. The molecule has 0 saturated heterocycles. The first-order valence-corrected chi connectivity index (χ1v) is 7.68. The zero-order valence-corrected chi connectivity index (χ0v) is 13.6. The standard InChI is InChI=1S/C17H26N2O2/c1-10(2)16-9-19(11(3)4)14-8-13(17(20)12(5)18)6-7-15(14)21-16/h6-8,10-12,16H,9,18H2,1-5H3. The number of nitrogens with two attached hydrogens (primary N) is 1. The average Bonchev–Trinajstić information content (AvgIpc) is 2.44. The van der Waals surface area contributed by atoms with Gasteiger partial charge in [0, 0.05) is 11.6 Å². The van der Waals surface area contributed by atoms with E-state index in [2.05, 4.69) is 32.6 Å². The number of anilines is 1. The Kier molecular flexibility index (Phi) is 4.57. The van der Waals surface area contributed by atoms with Gasteiger partial charge in [-0.15, -0.1) is 0 Å². The zero-order valence-electron chi connectivity index (χ0n) is 13.6. The van der Waals surface area contributed by atoms with Crippen LogP contribution >= 0.6 is 0 Å². The van der Waals surface area contributed by atoms with Crippen LogP contribution in [0.4, 0.5) is 5.69 Å². The lowest BCUT2D eigenvalue weighted by atomic mass is 10.00. The van der Waals surface area contributed by atoms with Crippen molar-refractivity contribution in [3.63, 3.8) is 0 Å². The van der Waals surface area contributed by atoms with Gasteiger partial charge in [-0.25, -0.2) is 0 Å². The molecule has 0 bridgehead atoms. The number of benzene rings is 1. The third kappa shape index (κ3) is 3.21. The number of hydrogen-bond donors (Lipinski definition) is 1. The number of nitrogens with zero attached hydrogens (tertiary/aromatic N) is 1. The summed E-state index contributed by atoms with van der Waals surface area (Å²) in [5.41, 5.74) is 7.35. The lowest BCUT2D eigenvalue weighted by molar-refractivity contribution is 0.0967. The molecule has 21 heavy (non-hydrogen) atoms. The van der Waals surface area contributed by atoms with Gasteiger partial charge in [-0.1, -0.05) is 13.8 Å². The molecular weight excluding hydrogens is 264 g/mol. The normalized spacial score (nSPS) is 19.4. The number of Topliss-reactive ketones (excluding diaryl/α,β-unsaturated/α-hetero) is 1. The van der Waals surface area contributed by atoms with Crippen LogP contribution in [0.2, 0.25) is 0 Å². The first-order chi connectivity index (χ1) is 9.81. The van der Waals surface area contributed by atoms with Crippen LogP contribution in [0.25, 0.3) is 0 Å². The van der Waals surface area contributed by atoms with Gasteiger partial charge >= 0.3 is 0 Å². The zero-order chi connectivity index (χ0) is 15.7. The van der Waals surface area contributed by atoms with Crippen molar-refractivity contribution in [2.45, 2.75) is 52.8 Å². The summed E-state index contributed by atoms with van der Waals surface area (Å²) < 4.78 is 6.08. The Labute approximate surface area is 127 Å². The van der Waals surface area contributed by atoms with Crippen molar-refractivity contribution in [2.24, 2.45) is 11.7 Å². The summed E-state index contributed by atoms with van der Waals surface area (Å²) in [4.78, 5) is 14.4. The molecule has 2 N–H and O–H groups in total. The first-order valence-electron chi connectivity index (χ1n) is 7.68. The third-order valence-corrected chi connectivity index (χ3v) is 3.99. The smallest absolute Gasteiger partial charge is 0.179 e. The molecule has 2 unspecified atom stereocenters. The Morgan fingerprint density at radius 1 is 1.29 bits per heavy atom. The molecule has 116 valence electrons. The number of ketones is 1. The molecule has 0 spiro atoms. The summed E-state index contributed by atoms with van der Waals surface area (Å²) in [5, 5.41) is 0. The Morgan fingerprint density at radius 3 is 2.48 bits per heavy atom. The van der Waals surface area contributed by atoms with E-state index >= 15 is 0 Å². The molecule has 4 heteroatoms. The maximum absolute atomic E-state index is 12.1. The third-order valence-electron chi connectivity index (χ3n) is 3.99. The molecular formula is C17H26N2O2. The van der Waals surface area contributed by atoms with E-state index in [0.717, 1.165) is 18.0 Å². The van der Waals surface area contributed by atoms with Crippen LogP contribution in [0, 0.1) is 5.92 Å². The monoisotopic (exact) mass is 290 g/mol. The molecule has 0 aromatic heterocycles. The van der Waals surface area contributed by atoms with Crippen molar-refractivity contribution in [3.05, 3.63) is 23.8 Å². The van der Waals surface area contributed by atoms with Crippen LogP contribution < -0.4 is 15.4 Å². The Morgan fingerprint density at radius 2 is 1.95 bits per heavy atom. The predicted molar refractivity (Wildman–Crippen MR) is 86.2 cm³/mol. The Balaban J connectivity index is 2.41. The quantitative estimate of drug-likeness (QED) is 0.866. The van der Waals surface area contributed by atoms with E-state index in [0.29, 0.717) is 17.5 Å². The largest absolute Gasteiger partial charge is 0.486 e. The summed E-state index contributed by atoms with van der Waals surface area (Å²) in [6, 6.07) is 5.50. The van der Waals surface area contributed by atoms with Gasteiger partial charge in [0.15, 0.2) is 5.78 Å². The molecule has 1 aromatic rings. The summed E-state index contributed by atoms with van der Waals surface area (Å²) >= 11 is 0. The van der Waals surface area contributed by atoms with Gasteiger partial charge in [-0.3, -0.25) is 4.79 Å². The fourth-order valence-corrected chi connectivity index (χ4v) is 2.59. The highest BCUT2D eigenvalue weighted by Crippen LogP contribution is 2.37. The second-order valence-corrected chi connectivity index (χ2v) is 6.48. The van der Waals surface area contributed by atoms with Crippen molar-refractivity contribution >= 4 is 11.5 Å². The van der Waals surface area contributed by atoms with Gasteiger partial charge in [-0.2, -0.15) is 0 Å². The van der Waals surface area contributed by atoms with Gasteiger partial charge in [0.2, 0.25) is 0 Å². The minimum atomic E-state index is -0.483. The summed E-state index contributed by atoms with van der Waals surface area (Å²) in [7, 11) is 0. The van der Waals surface area contributed by atoms with Crippen molar-refractivity contribution in [3.8, 4) is 5.75 Å². The van der Waals surface area contributed by atoms with Gasteiger partial charge in [0.05, 0.1) is 18.3 Å². The minimum absolute atomic E-state index is 0.0347. The van der Waals surface area contributed by atoms with E-state index in [1.165, 1.54) is 0 Å². The summed E-state index contributed by atoms with van der Waals surface area (Å²) in [6.45, 7) is 11.2. The van der Waals surface area contributed by atoms with Crippen molar-refractivity contribution < 1.29 is 9.53 Å². The first kappa shape index (κ1) is 15.8. The molecule has 0 amide bonds. The minimum Gasteiger partial charge on any atom is -0.486 e. The van der Waals surface area contributed by atoms with Crippen molar-refractivity contribution in [2.75, 3.05) is 11.4 Å². The van der Waals surface area contributed by atoms with Crippen LogP contribution in [0.1, 0.15) is 45.0 Å². The van der Waals surface area contributed by atoms with Gasteiger partial charge in [0.25, 0.3) is 0 Å². The fraction of sp³-hybridized carbons (Fsp3) is 0.588. The highest BCUT2D eigenvalue weighted by Gasteiger charge is 2.30. The van der Waals surface area contributed by atoms with Crippen LogP contribution in [-0.2, 0) is 0 Å². The van der Waals surface area contributed by atoms with Gasteiger partial charge in [-0.05, 0) is 44.9 Å². The molecule has 0 fully saturated rings. The Hall–Kier alpha value is -1.55. The summed E-state index contributed by atoms with van der Waals surface area (Å²) in [6.07, 6.45) is 0.176. The maximum atomic E-state index is 12.1. The highest BCUT2D eigenvalue weighted by molar-refractivity contribution is 6.00. The molecule has 0 saturated carbocycles. The van der Waals surface area contributed by atoms with E-state index in [4.69, 9.17) is 10.5 Å². The number of hydrogen-bond acceptors (Lipinski definition) is 4. The van der Waals surface area contributed by atoms with E-state index < -0.39 is 6.04 Å². The predicted octanol–water partition coefficient (Wildman–Crippen LogP) is 2.85. The molecule has 0 aliphatic carbocycles. The van der Waals surface area contributed by atoms with E-state index in [1.807, 2.05) is 18.2 Å². The van der Waals surface area contributed by atoms with Gasteiger partial charge in [0.1, 0.15) is 11.9 Å². The second-order valence-electron chi connectivity index (χ2n) is 6.48. The molecule has 1 aromatic carbocycles. The fourth-order valence-electron chi connectivity index (χ4n) is 2.59. The van der Waals surface area contributed by atoms with Crippen LogP contribution in [0.3, 0.4) is 0 Å². The molecule has 2 atom stereocenters. The van der Waals surface area contributed by atoms with E-state index in [1.54, 1.807) is 6.92 Å². The SMILES string of the molecule is CC(N)C(=O)c1ccc2c(c1)N(C(C)C)CC(C(C)C)O2. The Bertz CT molecular complexity index is 524. The lowest BCUT2D eigenvalue weighted by Crippen LogP contribution is -2.46. The second kappa shape index (κ2) is 6.06. The number of fused-ring (bicyclic) bond motifs is 1. The average molecular weight is 290 g/mol.